The van der Waals surface area contributed by atoms with E-state index in [-0.39, 0.29) is 6.42 Å². The van der Waals surface area contributed by atoms with E-state index in [4.69, 9.17) is 9.47 Å². The van der Waals surface area contributed by atoms with E-state index in [9.17, 15) is 24.9 Å². The van der Waals surface area contributed by atoms with Crippen LogP contribution in [-0.2, 0) is 19.1 Å². The maximum Gasteiger partial charge on any atom is 0.303 e. The Hall–Kier alpha value is -1.02. The lowest BCUT2D eigenvalue weighted by Gasteiger charge is -2.71. The minimum absolute atomic E-state index is 0.0199. The number of ketones is 1. The molecule has 29 heavy (non-hydrogen) atoms. The molecule has 0 amide bonds. The fourth-order valence-electron chi connectivity index (χ4n) is 6.79. The SMILES string of the molecule is CCC1(C)CC(=O)C2(O)C(C)(O1)C(OC(C)=O)C(O)C1C(C)(C)CCC(O)C12C. The molecule has 2 aliphatic carbocycles. The van der Waals surface area contributed by atoms with Crippen molar-refractivity contribution in [3.05, 3.63) is 0 Å². The highest BCUT2D eigenvalue weighted by atomic mass is 16.6. The van der Waals surface area contributed by atoms with Gasteiger partial charge in [-0.3, -0.25) is 9.59 Å². The van der Waals surface area contributed by atoms with Crippen molar-refractivity contribution in [2.24, 2.45) is 16.7 Å². The van der Waals surface area contributed by atoms with E-state index in [1.807, 2.05) is 20.8 Å². The van der Waals surface area contributed by atoms with Crippen molar-refractivity contribution >= 4 is 11.8 Å². The number of aliphatic hydroxyl groups excluding tert-OH is 2. The molecule has 8 atom stereocenters. The number of hydrogen-bond donors (Lipinski definition) is 3. The van der Waals surface area contributed by atoms with Crippen LogP contribution in [-0.4, -0.2) is 62.2 Å². The smallest absolute Gasteiger partial charge is 0.303 e. The van der Waals surface area contributed by atoms with Crippen LogP contribution in [0.4, 0.5) is 0 Å². The molecule has 3 aliphatic rings. The van der Waals surface area contributed by atoms with Crippen LogP contribution in [0.25, 0.3) is 0 Å². The second-order valence-corrected chi connectivity index (χ2v) is 10.6. The highest BCUT2D eigenvalue weighted by molar-refractivity contribution is 5.92. The molecular formula is C22H36O7. The Morgan fingerprint density at radius 3 is 2.31 bits per heavy atom. The van der Waals surface area contributed by atoms with Gasteiger partial charge in [-0.15, -0.1) is 0 Å². The maximum atomic E-state index is 13.6. The maximum absolute atomic E-state index is 13.6. The number of carbonyl (C=O) groups is 2. The normalized spacial score (nSPS) is 51.7. The number of aliphatic hydroxyl groups is 3. The minimum Gasteiger partial charge on any atom is -0.457 e. The first kappa shape index (κ1) is 22.7. The molecule has 0 bridgehead atoms. The molecule has 3 rings (SSSR count). The van der Waals surface area contributed by atoms with Crippen molar-refractivity contribution in [3.63, 3.8) is 0 Å². The second-order valence-electron chi connectivity index (χ2n) is 10.6. The third kappa shape index (κ3) is 2.70. The van der Waals surface area contributed by atoms with Gasteiger partial charge in [0.1, 0.15) is 5.60 Å². The molecule has 1 heterocycles. The number of hydrogen-bond acceptors (Lipinski definition) is 7. The van der Waals surface area contributed by atoms with Crippen LogP contribution in [0, 0.1) is 16.7 Å². The summed E-state index contributed by atoms with van der Waals surface area (Å²) < 4.78 is 11.9. The summed E-state index contributed by atoms with van der Waals surface area (Å²) in [5.74, 6) is -1.75. The molecule has 1 aliphatic heterocycles. The van der Waals surface area contributed by atoms with Gasteiger partial charge in [0.05, 0.1) is 17.8 Å². The summed E-state index contributed by atoms with van der Waals surface area (Å²) in [7, 11) is 0. The van der Waals surface area contributed by atoms with Crippen LogP contribution in [0.2, 0.25) is 0 Å². The van der Waals surface area contributed by atoms with E-state index in [0.717, 1.165) is 0 Å². The van der Waals surface area contributed by atoms with Gasteiger partial charge in [0.2, 0.25) is 0 Å². The highest BCUT2D eigenvalue weighted by Gasteiger charge is 2.81. The van der Waals surface area contributed by atoms with E-state index in [2.05, 4.69) is 0 Å². The molecule has 0 aromatic rings. The lowest BCUT2D eigenvalue weighted by molar-refractivity contribution is -0.375. The number of rotatable bonds is 2. The topological polar surface area (TPSA) is 113 Å². The van der Waals surface area contributed by atoms with Crippen molar-refractivity contribution in [1.29, 1.82) is 0 Å². The lowest BCUT2D eigenvalue weighted by Crippen LogP contribution is -2.86. The Morgan fingerprint density at radius 1 is 1.21 bits per heavy atom. The van der Waals surface area contributed by atoms with Gasteiger partial charge in [-0.05, 0) is 38.5 Å². The molecule has 0 spiro atoms. The molecule has 7 heteroatoms. The summed E-state index contributed by atoms with van der Waals surface area (Å²) in [6.07, 6.45) is -2.01. The van der Waals surface area contributed by atoms with Crippen molar-refractivity contribution < 1.29 is 34.4 Å². The molecule has 3 N–H and O–H groups in total. The molecule has 0 radical (unpaired) electrons. The van der Waals surface area contributed by atoms with Gasteiger partial charge in [0.25, 0.3) is 0 Å². The van der Waals surface area contributed by atoms with Gasteiger partial charge in [-0.25, -0.2) is 0 Å². The largest absolute Gasteiger partial charge is 0.457 e. The molecule has 166 valence electrons. The Kier molecular flexibility index (Phi) is 5.07. The molecule has 1 saturated heterocycles. The second kappa shape index (κ2) is 6.49. The monoisotopic (exact) mass is 412 g/mol. The van der Waals surface area contributed by atoms with Gasteiger partial charge in [0, 0.05) is 24.7 Å². The van der Waals surface area contributed by atoms with E-state index >= 15 is 0 Å². The standard InChI is InChI=1S/C22H36O7/c1-8-19(5)11-14(25)22(27)20(6)13(24)9-10-18(3,4)16(20)15(26)17(28-12(2)23)21(22,7)29-19/h13,15-17,24,26-27H,8-11H2,1-7H3. The summed E-state index contributed by atoms with van der Waals surface area (Å²) in [5, 5.41) is 34.8. The first-order valence-electron chi connectivity index (χ1n) is 10.6. The third-order valence-corrected chi connectivity index (χ3v) is 8.37. The Labute approximate surface area is 172 Å². The number of Topliss-reactive ketones (excluding diaryl/α,β-unsaturated/α-hetero) is 1. The van der Waals surface area contributed by atoms with E-state index in [0.29, 0.717) is 19.3 Å². The molecule has 0 aromatic carbocycles. The fourth-order valence-corrected chi connectivity index (χ4v) is 6.79. The summed E-state index contributed by atoms with van der Waals surface area (Å²) in [5.41, 5.74) is -6.59. The zero-order valence-electron chi connectivity index (χ0n) is 18.6. The first-order valence-corrected chi connectivity index (χ1v) is 10.6. The Bertz CT molecular complexity index is 720. The van der Waals surface area contributed by atoms with Gasteiger partial charge >= 0.3 is 5.97 Å². The average Bonchev–Trinajstić information content (AvgIpc) is 2.59. The number of ether oxygens (including phenoxy) is 2. The van der Waals surface area contributed by atoms with Gasteiger partial charge in [0.15, 0.2) is 17.5 Å². The Morgan fingerprint density at radius 2 is 1.79 bits per heavy atom. The van der Waals surface area contributed by atoms with Crippen LogP contribution in [0.15, 0.2) is 0 Å². The van der Waals surface area contributed by atoms with Crippen LogP contribution in [0.1, 0.15) is 74.1 Å². The molecule has 8 unspecified atom stereocenters. The predicted molar refractivity (Wildman–Crippen MR) is 105 cm³/mol. The molecule has 0 aromatic heterocycles. The number of carbonyl (C=O) groups excluding carboxylic acids is 2. The third-order valence-electron chi connectivity index (χ3n) is 8.37. The summed E-state index contributed by atoms with van der Waals surface area (Å²) in [6.45, 7) is 12.0. The van der Waals surface area contributed by atoms with Gasteiger partial charge in [-0.2, -0.15) is 0 Å². The van der Waals surface area contributed by atoms with Crippen molar-refractivity contribution in [3.8, 4) is 0 Å². The van der Waals surface area contributed by atoms with E-state index in [1.54, 1.807) is 13.8 Å². The minimum atomic E-state index is -2.13. The van der Waals surface area contributed by atoms with Crippen LogP contribution < -0.4 is 0 Å². The summed E-state index contributed by atoms with van der Waals surface area (Å²) >= 11 is 0. The van der Waals surface area contributed by atoms with Crippen LogP contribution in [0.5, 0.6) is 0 Å². The predicted octanol–water partition coefficient (Wildman–Crippen LogP) is 1.74. The Balaban J connectivity index is 2.31. The molecule has 3 fully saturated rings. The van der Waals surface area contributed by atoms with Gasteiger partial charge < -0.3 is 24.8 Å². The molecular weight excluding hydrogens is 376 g/mol. The zero-order chi connectivity index (χ0) is 22.2. The summed E-state index contributed by atoms with van der Waals surface area (Å²) in [6, 6.07) is 0. The quantitative estimate of drug-likeness (QED) is 0.592. The van der Waals surface area contributed by atoms with Crippen LogP contribution >= 0.6 is 0 Å². The average molecular weight is 413 g/mol. The lowest BCUT2D eigenvalue weighted by atomic mass is 9.39. The molecule has 2 saturated carbocycles. The van der Waals surface area contributed by atoms with Crippen molar-refractivity contribution in [2.75, 3.05) is 0 Å². The van der Waals surface area contributed by atoms with E-state index in [1.165, 1.54) is 13.8 Å². The first-order chi connectivity index (χ1) is 13.1. The van der Waals surface area contributed by atoms with Crippen molar-refractivity contribution in [1.82, 2.24) is 0 Å². The van der Waals surface area contributed by atoms with Crippen LogP contribution in [0.3, 0.4) is 0 Å². The zero-order valence-corrected chi connectivity index (χ0v) is 18.6. The van der Waals surface area contributed by atoms with E-state index < -0.39 is 63.6 Å². The fraction of sp³-hybridized carbons (Fsp3) is 0.909. The highest BCUT2D eigenvalue weighted by Crippen LogP contribution is 2.67. The molecule has 7 nitrogen and oxygen atoms in total. The number of esters is 1. The summed E-state index contributed by atoms with van der Waals surface area (Å²) in [4.78, 5) is 25.6. The van der Waals surface area contributed by atoms with Crippen molar-refractivity contribution in [2.45, 2.75) is 109 Å². The van der Waals surface area contributed by atoms with Gasteiger partial charge in [-0.1, -0.05) is 27.7 Å². The number of fused-ring (bicyclic) bond motifs is 3.